The van der Waals surface area contributed by atoms with Crippen LogP contribution < -0.4 is 16.0 Å². The van der Waals surface area contributed by atoms with Crippen LogP contribution in [0.1, 0.15) is 27.2 Å². The van der Waals surface area contributed by atoms with Gasteiger partial charge in [-0.2, -0.15) is 0 Å². The number of hydrogen-bond acceptors (Lipinski definition) is 8. The Hall–Kier alpha value is -3.63. The average Bonchev–Trinajstić information content (AvgIpc) is 3.53. The maximum atomic E-state index is 12.7. The number of amides is 2. The minimum absolute atomic E-state index is 0.145. The van der Waals surface area contributed by atoms with E-state index in [-0.39, 0.29) is 17.6 Å². The number of aromatic nitrogens is 2. The number of nitrogens with zero attached hydrogens (tertiary/aromatic N) is 2. The summed E-state index contributed by atoms with van der Waals surface area (Å²) in [5, 5.41) is 17.7. The molecule has 0 fully saturated rings. The van der Waals surface area contributed by atoms with Crippen LogP contribution in [0.2, 0.25) is 0 Å². The van der Waals surface area contributed by atoms with Gasteiger partial charge in [0, 0.05) is 6.54 Å². The van der Waals surface area contributed by atoms with Gasteiger partial charge in [-0.3, -0.25) is 9.59 Å². The molecule has 0 saturated heterocycles. The fraction of sp³-hybridized carbons (Fsp3) is 0.167. The molecule has 34 heavy (non-hydrogen) atoms. The van der Waals surface area contributed by atoms with Crippen molar-refractivity contribution in [3.8, 4) is 0 Å². The molecule has 3 N–H and O–H groups in total. The van der Waals surface area contributed by atoms with Crippen LogP contribution in [-0.2, 0) is 17.9 Å². The minimum atomic E-state index is -0.250. The molecule has 0 bridgehead atoms. The molecule has 0 atom stereocenters. The van der Waals surface area contributed by atoms with Crippen molar-refractivity contribution in [2.75, 3.05) is 16.4 Å². The van der Waals surface area contributed by atoms with E-state index in [0.29, 0.717) is 33.8 Å². The van der Waals surface area contributed by atoms with Gasteiger partial charge in [0.2, 0.25) is 11.0 Å². The van der Waals surface area contributed by atoms with Gasteiger partial charge in [-0.15, -0.1) is 10.2 Å². The number of thioether (sulfide) groups is 1. The normalized spacial score (nSPS) is 10.6. The van der Waals surface area contributed by atoms with E-state index >= 15 is 0 Å². The van der Waals surface area contributed by atoms with E-state index < -0.39 is 0 Å². The molecule has 10 heteroatoms. The van der Waals surface area contributed by atoms with E-state index in [1.807, 2.05) is 43.3 Å². The molecule has 4 aromatic rings. The third-order valence-electron chi connectivity index (χ3n) is 4.75. The van der Waals surface area contributed by atoms with Crippen LogP contribution in [0.25, 0.3) is 0 Å². The Labute approximate surface area is 205 Å². The summed E-state index contributed by atoms with van der Waals surface area (Å²) < 4.78 is 5.94. The van der Waals surface area contributed by atoms with Gasteiger partial charge in [0.15, 0.2) is 4.34 Å². The van der Waals surface area contributed by atoms with E-state index in [2.05, 4.69) is 26.1 Å². The van der Waals surface area contributed by atoms with Crippen LogP contribution in [-0.4, -0.2) is 27.8 Å². The van der Waals surface area contributed by atoms with Gasteiger partial charge in [-0.1, -0.05) is 65.1 Å². The molecule has 0 unspecified atom stereocenters. The molecule has 0 radical (unpaired) electrons. The number of anilines is 2. The maximum absolute atomic E-state index is 12.7. The van der Waals surface area contributed by atoms with Crippen molar-refractivity contribution in [1.29, 1.82) is 0 Å². The molecule has 2 heterocycles. The lowest BCUT2D eigenvalue weighted by Crippen LogP contribution is -2.25. The van der Waals surface area contributed by atoms with Crippen LogP contribution in [0.3, 0.4) is 0 Å². The zero-order chi connectivity index (χ0) is 23.8. The molecule has 4 rings (SSSR count). The Morgan fingerprint density at radius 1 is 1.00 bits per heavy atom. The summed E-state index contributed by atoms with van der Waals surface area (Å²) in [7, 11) is 0. The Bertz CT molecular complexity index is 1240. The second-order valence-corrected chi connectivity index (χ2v) is 9.56. The first kappa shape index (κ1) is 23.5. The van der Waals surface area contributed by atoms with Crippen LogP contribution in [0.4, 0.5) is 10.8 Å². The highest BCUT2D eigenvalue weighted by Gasteiger charge is 2.14. The van der Waals surface area contributed by atoms with Crippen molar-refractivity contribution >= 4 is 45.7 Å². The second kappa shape index (κ2) is 11.5. The van der Waals surface area contributed by atoms with E-state index in [1.54, 1.807) is 30.5 Å². The molecule has 2 aromatic carbocycles. The standard InChI is InChI=1S/C24H23N5O3S2/c1-16-8-10-17(11-9-16)13-25-22(31)19-6-2-3-7-20(19)27-21(30)15-33-24-29-28-23(34-24)26-14-18-5-4-12-32-18/h2-12H,13-15H2,1H3,(H,25,31)(H,26,28)(H,27,30). The van der Waals surface area contributed by atoms with Crippen LogP contribution in [0, 0.1) is 6.92 Å². The molecule has 0 aliphatic carbocycles. The summed E-state index contributed by atoms with van der Waals surface area (Å²) >= 11 is 2.64. The molecule has 0 saturated carbocycles. The highest BCUT2D eigenvalue weighted by atomic mass is 32.2. The third kappa shape index (κ3) is 6.69. The molecule has 8 nitrogen and oxygen atoms in total. The fourth-order valence-corrected chi connectivity index (χ4v) is 4.55. The minimum Gasteiger partial charge on any atom is -0.467 e. The van der Waals surface area contributed by atoms with Crippen molar-refractivity contribution in [2.24, 2.45) is 0 Å². The second-order valence-electron chi connectivity index (χ2n) is 7.36. The number of benzene rings is 2. The van der Waals surface area contributed by atoms with Crippen molar-refractivity contribution in [3.05, 3.63) is 89.4 Å². The van der Waals surface area contributed by atoms with Crippen molar-refractivity contribution in [2.45, 2.75) is 24.4 Å². The van der Waals surface area contributed by atoms with E-state index in [9.17, 15) is 9.59 Å². The molecule has 0 aliphatic rings. The first-order chi connectivity index (χ1) is 16.6. The molecule has 2 amide bonds. The fourth-order valence-electron chi connectivity index (χ4n) is 3.00. The number of para-hydroxylation sites is 1. The molecule has 0 aliphatic heterocycles. The van der Waals surface area contributed by atoms with Crippen LogP contribution in [0.5, 0.6) is 0 Å². The first-order valence-electron chi connectivity index (χ1n) is 10.5. The number of hydrogen-bond donors (Lipinski definition) is 3. The summed E-state index contributed by atoms with van der Waals surface area (Å²) in [6, 6.07) is 18.6. The van der Waals surface area contributed by atoms with Gasteiger partial charge >= 0.3 is 0 Å². The van der Waals surface area contributed by atoms with Crippen LogP contribution >= 0.6 is 23.1 Å². The molecular weight excluding hydrogens is 470 g/mol. The topological polar surface area (TPSA) is 109 Å². The van der Waals surface area contributed by atoms with Gasteiger partial charge < -0.3 is 20.4 Å². The Morgan fingerprint density at radius 2 is 1.82 bits per heavy atom. The van der Waals surface area contributed by atoms with E-state index in [0.717, 1.165) is 16.9 Å². The lowest BCUT2D eigenvalue weighted by atomic mass is 10.1. The summed E-state index contributed by atoms with van der Waals surface area (Å²) in [6.45, 7) is 2.93. The third-order valence-corrected chi connectivity index (χ3v) is 6.76. The Balaban J connectivity index is 1.27. The Kier molecular flexibility index (Phi) is 7.95. The van der Waals surface area contributed by atoms with Crippen molar-refractivity contribution in [3.63, 3.8) is 0 Å². The van der Waals surface area contributed by atoms with Crippen molar-refractivity contribution < 1.29 is 14.0 Å². The van der Waals surface area contributed by atoms with Gasteiger partial charge in [0.25, 0.3) is 5.91 Å². The number of aryl methyl sites for hydroxylation is 1. The number of rotatable bonds is 10. The zero-order valence-electron chi connectivity index (χ0n) is 18.4. The van der Waals surface area contributed by atoms with Gasteiger partial charge in [0.1, 0.15) is 5.76 Å². The number of carbonyl (C=O) groups is 2. The average molecular weight is 494 g/mol. The predicted molar refractivity (Wildman–Crippen MR) is 134 cm³/mol. The largest absolute Gasteiger partial charge is 0.467 e. The summed E-state index contributed by atoms with van der Waals surface area (Å²) in [4.78, 5) is 25.2. The highest BCUT2D eigenvalue weighted by molar-refractivity contribution is 8.01. The SMILES string of the molecule is Cc1ccc(CNC(=O)c2ccccc2NC(=O)CSc2nnc(NCc3ccco3)s2)cc1. The van der Waals surface area contributed by atoms with Crippen molar-refractivity contribution in [1.82, 2.24) is 15.5 Å². The number of carbonyl (C=O) groups excluding carboxylic acids is 2. The summed E-state index contributed by atoms with van der Waals surface area (Å²) in [5.74, 6) is 0.460. The summed E-state index contributed by atoms with van der Waals surface area (Å²) in [6.07, 6.45) is 1.61. The van der Waals surface area contributed by atoms with Gasteiger partial charge in [-0.25, -0.2) is 0 Å². The monoisotopic (exact) mass is 493 g/mol. The Morgan fingerprint density at radius 3 is 2.62 bits per heavy atom. The smallest absolute Gasteiger partial charge is 0.253 e. The molecule has 0 spiro atoms. The molecular formula is C24H23N5O3S2. The highest BCUT2D eigenvalue weighted by Crippen LogP contribution is 2.26. The quantitative estimate of drug-likeness (QED) is 0.274. The summed E-state index contributed by atoms with van der Waals surface area (Å²) in [5.41, 5.74) is 3.05. The lowest BCUT2D eigenvalue weighted by molar-refractivity contribution is -0.113. The molecule has 2 aromatic heterocycles. The van der Waals surface area contributed by atoms with E-state index in [1.165, 1.54) is 23.1 Å². The van der Waals surface area contributed by atoms with Gasteiger partial charge in [-0.05, 0) is 36.8 Å². The van der Waals surface area contributed by atoms with Crippen LogP contribution in [0.15, 0.2) is 75.7 Å². The molecule has 174 valence electrons. The van der Waals surface area contributed by atoms with Gasteiger partial charge in [0.05, 0.1) is 29.8 Å². The predicted octanol–water partition coefficient (Wildman–Crippen LogP) is 4.71. The lowest BCUT2D eigenvalue weighted by Gasteiger charge is -2.11. The van der Waals surface area contributed by atoms with E-state index in [4.69, 9.17) is 4.42 Å². The number of nitrogens with one attached hydrogen (secondary N) is 3. The zero-order valence-corrected chi connectivity index (χ0v) is 20.0. The maximum Gasteiger partial charge on any atom is 0.253 e. The first-order valence-corrected chi connectivity index (χ1v) is 12.3. The number of furan rings is 1.